The molecular formula is C17H17BrN2O3. The normalized spacial score (nSPS) is 15.6. The lowest BCUT2D eigenvalue weighted by molar-refractivity contribution is 0.0620. The fourth-order valence-electron chi connectivity index (χ4n) is 2.60. The molecule has 1 amide bonds. The van der Waals surface area contributed by atoms with E-state index in [-0.39, 0.29) is 11.7 Å². The van der Waals surface area contributed by atoms with Gasteiger partial charge in [-0.2, -0.15) is 0 Å². The number of benzene rings is 1. The molecule has 120 valence electrons. The Morgan fingerprint density at radius 2 is 1.74 bits per heavy atom. The zero-order valence-electron chi connectivity index (χ0n) is 12.6. The number of rotatable bonds is 4. The van der Waals surface area contributed by atoms with E-state index < -0.39 is 0 Å². The Morgan fingerprint density at radius 1 is 1.04 bits per heavy atom. The van der Waals surface area contributed by atoms with Crippen LogP contribution in [0.3, 0.4) is 0 Å². The summed E-state index contributed by atoms with van der Waals surface area (Å²) in [6.07, 6.45) is 1.50. The average Bonchev–Trinajstić information content (AvgIpc) is 3.10. The molecule has 1 aromatic carbocycles. The fourth-order valence-corrected chi connectivity index (χ4v) is 2.87. The van der Waals surface area contributed by atoms with Crippen molar-refractivity contribution in [2.75, 3.05) is 32.7 Å². The number of hydrogen-bond donors (Lipinski definition) is 0. The first-order valence-corrected chi connectivity index (χ1v) is 8.27. The van der Waals surface area contributed by atoms with Gasteiger partial charge in [-0.15, -0.1) is 0 Å². The van der Waals surface area contributed by atoms with E-state index in [1.807, 2.05) is 29.2 Å². The van der Waals surface area contributed by atoms with Gasteiger partial charge in [0.25, 0.3) is 5.91 Å². The smallest absolute Gasteiger partial charge is 0.253 e. The van der Waals surface area contributed by atoms with E-state index in [0.717, 1.165) is 4.47 Å². The zero-order valence-corrected chi connectivity index (χ0v) is 14.2. The molecule has 0 unspecified atom stereocenters. The maximum Gasteiger partial charge on any atom is 0.253 e. The molecule has 2 heterocycles. The summed E-state index contributed by atoms with van der Waals surface area (Å²) in [6, 6.07) is 10.8. The number of carbonyl (C=O) groups is 2. The second-order valence-electron chi connectivity index (χ2n) is 5.48. The van der Waals surface area contributed by atoms with Crippen LogP contribution in [0.5, 0.6) is 0 Å². The minimum atomic E-state index is -0.0253. The number of Topliss-reactive ketones (excluding diaryl/α,β-unsaturated/α-hetero) is 1. The summed E-state index contributed by atoms with van der Waals surface area (Å²) in [5.74, 6) is 0.399. The molecule has 2 aromatic rings. The van der Waals surface area contributed by atoms with Gasteiger partial charge in [0, 0.05) is 36.2 Å². The standard InChI is InChI=1S/C17H17BrN2O3/c18-14-5-3-13(4-6-14)17(22)20-9-7-19(8-10-20)12-15(21)16-2-1-11-23-16/h1-6,11H,7-10,12H2. The molecule has 23 heavy (non-hydrogen) atoms. The number of hydrogen-bond acceptors (Lipinski definition) is 4. The van der Waals surface area contributed by atoms with Crippen LogP contribution in [0.25, 0.3) is 0 Å². The third-order valence-electron chi connectivity index (χ3n) is 3.91. The lowest BCUT2D eigenvalue weighted by Gasteiger charge is -2.34. The Kier molecular flexibility index (Phi) is 4.93. The van der Waals surface area contributed by atoms with Crippen LogP contribution in [0.2, 0.25) is 0 Å². The average molecular weight is 377 g/mol. The molecule has 0 atom stereocenters. The maximum absolute atomic E-state index is 12.4. The molecular weight excluding hydrogens is 360 g/mol. The van der Waals surface area contributed by atoms with Crippen molar-refractivity contribution in [1.82, 2.24) is 9.80 Å². The van der Waals surface area contributed by atoms with E-state index in [2.05, 4.69) is 20.8 Å². The van der Waals surface area contributed by atoms with Crippen molar-refractivity contribution in [1.29, 1.82) is 0 Å². The molecule has 1 aliphatic heterocycles. The van der Waals surface area contributed by atoms with Crippen molar-refractivity contribution < 1.29 is 14.0 Å². The minimum absolute atomic E-state index is 0.0253. The Balaban J connectivity index is 1.53. The van der Waals surface area contributed by atoms with Gasteiger partial charge in [0.05, 0.1) is 12.8 Å². The number of amides is 1. The summed E-state index contributed by atoms with van der Waals surface area (Å²) in [7, 11) is 0. The zero-order chi connectivity index (χ0) is 16.2. The number of halogens is 1. The third-order valence-corrected chi connectivity index (χ3v) is 4.44. The monoisotopic (exact) mass is 376 g/mol. The molecule has 1 aliphatic rings. The van der Waals surface area contributed by atoms with Gasteiger partial charge in [-0.1, -0.05) is 15.9 Å². The molecule has 0 N–H and O–H groups in total. The van der Waals surface area contributed by atoms with Crippen LogP contribution in [-0.2, 0) is 0 Å². The molecule has 0 saturated carbocycles. The predicted molar refractivity (Wildman–Crippen MR) is 89.5 cm³/mol. The highest BCUT2D eigenvalue weighted by atomic mass is 79.9. The number of furan rings is 1. The van der Waals surface area contributed by atoms with Gasteiger partial charge in [-0.05, 0) is 36.4 Å². The lowest BCUT2D eigenvalue weighted by Crippen LogP contribution is -2.49. The Labute approximate surface area is 143 Å². The highest BCUT2D eigenvalue weighted by Gasteiger charge is 2.24. The minimum Gasteiger partial charge on any atom is -0.461 e. The summed E-state index contributed by atoms with van der Waals surface area (Å²) < 4.78 is 6.07. The molecule has 0 bridgehead atoms. The van der Waals surface area contributed by atoms with Crippen molar-refractivity contribution >= 4 is 27.6 Å². The maximum atomic E-state index is 12.4. The molecule has 5 nitrogen and oxygen atoms in total. The van der Waals surface area contributed by atoms with Crippen molar-refractivity contribution in [3.05, 3.63) is 58.5 Å². The van der Waals surface area contributed by atoms with Crippen LogP contribution in [0.15, 0.2) is 51.6 Å². The van der Waals surface area contributed by atoms with Gasteiger partial charge in [0.1, 0.15) is 0 Å². The summed E-state index contributed by atoms with van der Waals surface area (Å²) in [5.41, 5.74) is 0.688. The fraction of sp³-hybridized carbons (Fsp3) is 0.294. The molecule has 3 rings (SSSR count). The highest BCUT2D eigenvalue weighted by Crippen LogP contribution is 2.14. The first-order valence-electron chi connectivity index (χ1n) is 7.47. The van der Waals surface area contributed by atoms with E-state index in [1.165, 1.54) is 6.26 Å². The van der Waals surface area contributed by atoms with Crippen molar-refractivity contribution in [3.63, 3.8) is 0 Å². The van der Waals surface area contributed by atoms with Crippen LogP contribution < -0.4 is 0 Å². The van der Waals surface area contributed by atoms with E-state index in [0.29, 0.717) is 44.0 Å². The van der Waals surface area contributed by atoms with Crippen molar-refractivity contribution in [2.45, 2.75) is 0 Å². The number of carbonyl (C=O) groups excluding carboxylic acids is 2. The first-order chi connectivity index (χ1) is 11.1. The second kappa shape index (κ2) is 7.10. The molecule has 1 aromatic heterocycles. The van der Waals surface area contributed by atoms with E-state index in [9.17, 15) is 9.59 Å². The second-order valence-corrected chi connectivity index (χ2v) is 6.39. The summed E-state index contributed by atoms with van der Waals surface area (Å²) in [6.45, 7) is 2.96. The lowest BCUT2D eigenvalue weighted by atomic mass is 10.2. The quantitative estimate of drug-likeness (QED) is 0.769. The van der Waals surface area contributed by atoms with Crippen molar-refractivity contribution in [3.8, 4) is 0 Å². The first kappa shape index (κ1) is 16.0. The van der Waals surface area contributed by atoms with Crippen LogP contribution in [0.1, 0.15) is 20.9 Å². The van der Waals surface area contributed by atoms with Gasteiger partial charge in [-0.3, -0.25) is 14.5 Å². The van der Waals surface area contributed by atoms with Gasteiger partial charge in [0.15, 0.2) is 5.76 Å². The van der Waals surface area contributed by atoms with Gasteiger partial charge in [0.2, 0.25) is 5.78 Å². The largest absolute Gasteiger partial charge is 0.461 e. The van der Waals surface area contributed by atoms with Gasteiger partial charge >= 0.3 is 0 Å². The van der Waals surface area contributed by atoms with E-state index in [4.69, 9.17) is 4.42 Å². The Hall–Kier alpha value is -1.92. The molecule has 0 spiro atoms. The molecule has 0 radical (unpaired) electrons. The van der Waals surface area contributed by atoms with Gasteiger partial charge < -0.3 is 9.32 Å². The number of ketones is 1. The SMILES string of the molecule is O=C(CN1CCN(C(=O)c2ccc(Br)cc2)CC1)c1ccco1. The summed E-state index contributed by atoms with van der Waals surface area (Å²) >= 11 is 3.37. The number of nitrogens with zero attached hydrogens (tertiary/aromatic N) is 2. The molecule has 6 heteroatoms. The van der Waals surface area contributed by atoms with Crippen LogP contribution in [0.4, 0.5) is 0 Å². The molecule has 1 fully saturated rings. The third kappa shape index (κ3) is 3.89. The highest BCUT2D eigenvalue weighted by molar-refractivity contribution is 9.10. The van der Waals surface area contributed by atoms with E-state index in [1.54, 1.807) is 12.1 Å². The van der Waals surface area contributed by atoms with Crippen molar-refractivity contribution in [2.24, 2.45) is 0 Å². The molecule has 0 aliphatic carbocycles. The number of piperazine rings is 1. The van der Waals surface area contributed by atoms with Crippen LogP contribution in [0, 0.1) is 0 Å². The predicted octanol–water partition coefficient (Wildman–Crippen LogP) is 2.68. The Bertz CT molecular complexity index is 674. The topological polar surface area (TPSA) is 53.8 Å². The molecule has 1 saturated heterocycles. The van der Waals surface area contributed by atoms with Crippen LogP contribution in [-0.4, -0.2) is 54.2 Å². The van der Waals surface area contributed by atoms with E-state index >= 15 is 0 Å². The summed E-state index contributed by atoms with van der Waals surface area (Å²) in [5, 5.41) is 0. The van der Waals surface area contributed by atoms with Gasteiger partial charge in [-0.25, -0.2) is 0 Å². The Morgan fingerprint density at radius 3 is 2.35 bits per heavy atom. The summed E-state index contributed by atoms with van der Waals surface area (Å²) in [4.78, 5) is 28.3. The van der Waals surface area contributed by atoms with Crippen LogP contribution >= 0.6 is 15.9 Å².